The normalized spacial score (nSPS) is 18.7. The van der Waals surface area contributed by atoms with Crippen LogP contribution in [-0.2, 0) is 6.42 Å². The van der Waals surface area contributed by atoms with Crippen LogP contribution in [0.15, 0.2) is 24.4 Å². The average Bonchev–Trinajstić information content (AvgIpc) is 2.19. The van der Waals surface area contributed by atoms with Crippen molar-refractivity contribution in [3.63, 3.8) is 0 Å². The highest BCUT2D eigenvalue weighted by Crippen LogP contribution is 2.28. The van der Waals surface area contributed by atoms with E-state index in [0.29, 0.717) is 0 Å². The molecule has 0 N–H and O–H groups in total. The molecule has 0 aromatic carbocycles. The van der Waals surface area contributed by atoms with Crippen LogP contribution in [0.1, 0.15) is 37.4 Å². The van der Waals surface area contributed by atoms with Gasteiger partial charge in [0, 0.05) is 6.20 Å². The Labute approximate surface area is 79.5 Å². The van der Waals surface area contributed by atoms with E-state index >= 15 is 0 Å². The van der Waals surface area contributed by atoms with Gasteiger partial charge in [-0.3, -0.25) is 4.98 Å². The molecule has 1 aromatic heterocycles. The fraction of sp³-hybridized carbons (Fsp3) is 0.417. The monoisotopic (exact) mass is 173 g/mol. The minimum Gasteiger partial charge on any atom is -0.256 e. The molecule has 0 saturated heterocycles. The SMILES string of the molecule is CC/C=C1/CCCc2cccnc21. The summed E-state index contributed by atoms with van der Waals surface area (Å²) in [6.07, 6.45) is 9.01. The lowest BCUT2D eigenvalue weighted by atomic mass is 9.91. The number of hydrogen-bond acceptors (Lipinski definition) is 1. The second kappa shape index (κ2) is 3.73. The molecule has 1 heterocycles. The van der Waals surface area contributed by atoms with Crippen LogP contribution in [0.2, 0.25) is 0 Å². The molecule has 1 nitrogen and oxygen atoms in total. The predicted molar refractivity (Wildman–Crippen MR) is 55.4 cm³/mol. The summed E-state index contributed by atoms with van der Waals surface area (Å²) in [6.45, 7) is 2.18. The van der Waals surface area contributed by atoms with E-state index in [0.717, 1.165) is 6.42 Å². The van der Waals surface area contributed by atoms with Crippen LogP contribution < -0.4 is 0 Å². The maximum atomic E-state index is 4.45. The number of fused-ring (bicyclic) bond motifs is 1. The highest BCUT2D eigenvalue weighted by molar-refractivity contribution is 5.66. The summed E-state index contributed by atoms with van der Waals surface area (Å²) in [5.41, 5.74) is 4.12. The lowest BCUT2D eigenvalue weighted by Gasteiger charge is -2.17. The van der Waals surface area contributed by atoms with E-state index in [4.69, 9.17) is 0 Å². The summed E-state index contributed by atoms with van der Waals surface area (Å²) in [6, 6.07) is 4.23. The minimum atomic E-state index is 1.12. The van der Waals surface area contributed by atoms with Gasteiger partial charge in [0.15, 0.2) is 0 Å². The van der Waals surface area contributed by atoms with Crippen molar-refractivity contribution in [1.29, 1.82) is 0 Å². The van der Waals surface area contributed by atoms with Crippen LogP contribution in [-0.4, -0.2) is 4.98 Å². The van der Waals surface area contributed by atoms with Gasteiger partial charge < -0.3 is 0 Å². The lowest BCUT2D eigenvalue weighted by molar-refractivity contribution is 0.806. The Hall–Kier alpha value is -1.11. The summed E-state index contributed by atoms with van der Waals surface area (Å²) < 4.78 is 0. The van der Waals surface area contributed by atoms with Crippen LogP contribution in [0.25, 0.3) is 5.57 Å². The zero-order chi connectivity index (χ0) is 9.10. The van der Waals surface area contributed by atoms with Crippen molar-refractivity contribution in [2.45, 2.75) is 32.6 Å². The molecule has 0 atom stereocenters. The van der Waals surface area contributed by atoms with Gasteiger partial charge in [-0.1, -0.05) is 19.1 Å². The third kappa shape index (κ3) is 1.64. The van der Waals surface area contributed by atoms with Crippen molar-refractivity contribution >= 4 is 5.57 Å². The van der Waals surface area contributed by atoms with Gasteiger partial charge in [0.05, 0.1) is 5.69 Å². The number of allylic oxidation sites excluding steroid dienone is 2. The van der Waals surface area contributed by atoms with Crippen LogP contribution >= 0.6 is 0 Å². The molecule has 0 aliphatic heterocycles. The van der Waals surface area contributed by atoms with Gasteiger partial charge in [0.1, 0.15) is 0 Å². The Morgan fingerprint density at radius 3 is 3.23 bits per heavy atom. The fourth-order valence-corrected chi connectivity index (χ4v) is 1.96. The van der Waals surface area contributed by atoms with Crippen LogP contribution in [0.5, 0.6) is 0 Å². The molecular weight excluding hydrogens is 158 g/mol. The molecule has 68 valence electrons. The summed E-state index contributed by atoms with van der Waals surface area (Å²) in [5.74, 6) is 0. The number of aromatic nitrogens is 1. The van der Waals surface area contributed by atoms with E-state index in [2.05, 4.69) is 24.1 Å². The summed E-state index contributed by atoms with van der Waals surface area (Å²) in [7, 11) is 0. The van der Waals surface area contributed by atoms with Crippen molar-refractivity contribution in [3.05, 3.63) is 35.7 Å². The van der Waals surface area contributed by atoms with E-state index in [1.54, 1.807) is 0 Å². The third-order valence-corrected chi connectivity index (χ3v) is 2.54. The van der Waals surface area contributed by atoms with Gasteiger partial charge in [-0.2, -0.15) is 0 Å². The molecule has 0 fully saturated rings. The van der Waals surface area contributed by atoms with Gasteiger partial charge in [0.2, 0.25) is 0 Å². The van der Waals surface area contributed by atoms with Gasteiger partial charge in [-0.05, 0) is 42.9 Å². The van der Waals surface area contributed by atoms with Crippen molar-refractivity contribution < 1.29 is 0 Å². The third-order valence-electron chi connectivity index (χ3n) is 2.54. The first-order chi connectivity index (χ1) is 6.42. The molecule has 1 aliphatic rings. The zero-order valence-electron chi connectivity index (χ0n) is 8.09. The van der Waals surface area contributed by atoms with Crippen molar-refractivity contribution in [2.24, 2.45) is 0 Å². The molecule has 0 spiro atoms. The minimum absolute atomic E-state index is 1.12. The van der Waals surface area contributed by atoms with Gasteiger partial charge >= 0.3 is 0 Å². The van der Waals surface area contributed by atoms with Crippen molar-refractivity contribution in [1.82, 2.24) is 4.98 Å². The van der Waals surface area contributed by atoms with Crippen LogP contribution in [0.3, 0.4) is 0 Å². The molecule has 2 rings (SSSR count). The zero-order valence-corrected chi connectivity index (χ0v) is 8.09. The molecule has 0 amide bonds. The van der Waals surface area contributed by atoms with Gasteiger partial charge in [-0.15, -0.1) is 0 Å². The van der Waals surface area contributed by atoms with Crippen LogP contribution in [0.4, 0.5) is 0 Å². The molecule has 13 heavy (non-hydrogen) atoms. The summed E-state index contributed by atoms with van der Waals surface area (Å²) >= 11 is 0. The lowest BCUT2D eigenvalue weighted by Crippen LogP contribution is -2.03. The van der Waals surface area contributed by atoms with E-state index in [1.807, 2.05) is 12.3 Å². The van der Waals surface area contributed by atoms with Crippen molar-refractivity contribution in [2.75, 3.05) is 0 Å². The Bertz CT molecular complexity index is 326. The number of nitrogens with zero attached hydrogens (tertiary/aromatic N) is 1. The Kier molecular flexibility index (Phi) is 2.44. The average molecular weight is 173 g/mol. The molecular formula is C12H15N. The Morgan fingerprint density at radius 2 is 2.38 bits per heavy atom. The molecule has 1 heteroatoms. The van der Waals surface area contributed by atoms with Crippen LogP contribution in [0, 0.1) is 0 Å². The molecule has 0 unspecified atom stereocenters. The Balaban J connectivity index is 2.42. The quantitative estimate of drug-likeness (QED) is 0.635. The largest absolute Gasteiger partial charge is 0.256 e. The number of pyridine rings is 1. The highest BCUT2D eigenvalue weighted by Gasteiger charge is 2.13. The fourth-order valence-electron chi connectivity index (χ4n) is 1.96. The summed E-state index contributed by atoms with van der Waals surface area (Å²) in [4.78, 5) is 4.45. The first-order valence-corrected chi connectivity index (χ1v) is 5.05. The van der Waals surface area contributed by atoms with Gasteiger partial charge in [-0.25, -0.2) is 0 Å². The highest BCUT2D eigenvalue weighted by atomic mass is 14.7. The van der Waals surface area contributed by atoms with E-state index in [-0.39, 0.29) is 0 Å². The topological polar surface area (TPSA) is 12.9 Å². The second-order valence-corrected chi connectivity index (χ2v) is 3.50. The smallest absolute Gasteiger partial charge is 0.0690 e. The molecule has 0 bridgehead atoms. The number of aryl methyl sites for hydroxylation is 1. The van der Waals surface area contributed by atoms with Crippen molar-refractivity contribution in [3.8, 4) is 0 Å². The second-order valence-electron chi connectivity index (χ2n) is 3.50. The first-order valence-electron chi connectivity index (χ1n) is 5.05. The van der Waals surface area contributed by atoms with E-state index < -0.39 is 0 Å². The molecule has 0 saturated carbocycles. The standard InChI is InChI=1S/C12H15N/c1-2-5-10-6-3-7-11-8-4-9-13-12(10)11/h4-5,8-9H,2-3,6-7H2,1H3/b10-5-. The maximum absolute atomic E-state index is 4.45. The van der Waals surface area contributed by atoms with E-state index in [9.17, 15) is 0 Å². The molecule has 0 radical (unpaired) electrons. The maximum Gasteiger partial charge on any atom is 0.0690 e. The molecule has 1 aromatic rings. The molecule has 1 aliphatic carbocycles. The van der Waals surface area contributed by atoms with E-state index in [1.165, 1.54) is 36.1 Å². The summed E-state index contributed by atoms with van der Waals surface area (Å²) in [5, 5.41) is 0. The first kappa shape index (κ1) is 8.49. The number of hydrogen-bond donors (Lipinski definition) is 0. The predicted octanol–water partition coefficient (Wildman–Crippen LogP) is 3.21. The Morgan fingerprint density at radius 1 is 1.46 bits per heavy atom. The number of rotatable bonds is 1. The van der Waals surface area contributed by atoms with Gasteiger partial charge in [0.25, 0.3) is 0 Å².